The maximum atomic E-state index is 12.3. The summed E-state index contributed by atoms with van der Waals surface area (Å²) in [5.74, 6) is 0.0123. The number of carbonyl (C=O) groups excluding carboxylic acids is 2. The zero-order chi connectivity index (χ0) is 18.6. The van der Waals surface area contributed by atoms with E-state index < -0.39 is 0 Å². The van der Waals surface area contributed by atoms with Crippen LogP contribution in [0.4, 0.5) is 5.69 Å². The molecule has 0 spiro atoms. The predicted octanol–water partition coefficient (Wildman–Crippen LogP) is 1.72. The molecule has 1 saturated heterocycles. The molecule has 2 aromatic carbocycles. The van der Waals surface area contributed by atoms with Crippen molar-refractivity contribution in [2.45, 2.75) is 19.4 Å². The number of hydrogen-bond donors (Lipinski definition) is 1. The molecule has 0 saturated carbocycles. The number of nitrogens with one attached hydrogen (secondary N) is 1. The van der Waals surface area contributed by atoms with Crippen LogP contribution >= 0.6 is 0 Å². The zero-order valence-electron chi connectivity index (χ0n) is 14.6. The summed E-state index contributed by atoms with van der Waals surface area (Å²) < 4.78 is 1.52. The van der Waals surface area contributed by atoms with Crippen LogP contribution in [0.25, 0.3) is 5.69 Å². The van der Waals surface area contributed by atoms with Gasteiger partial charge in [-0.2, -0.15) is 0 Å². The highest BCUT2D eigenvalue weighted by molar-refractivity contribution is 5.95. The number of hydrogen-bond acceptors (Lipinski definition) is 5. The van der Waals surface area contributed by atoms with Crippen LogP contribution in [0.5, 0.6) is 0 Å². The average molecular weight is 362 g/mol. The second-order valence-electron chi connectivity index (χ2n) is 6.30. The summed E-state index contributed by atoms with van der Waals surface area (Å²) in [5, 5.41) is 13.9. The van der Waals surface area contributed by atoms with E-state index in [0.29, 0.717) is 18.5 Å². The van der Waals surface area contributed by atoms with Gasteiger partial charge >= 0.3 is 0 Å². The first-order chi connectivity index (χ1) is 13.2. The first-order valence-electron chi connectivity index (χ1n) is 8.72. The van der Waals surface area contributed by atoms with Gasteiger partial charge in [0.15, 0.2) is 0 Å². The van der Waals surface area contributed by atoms with Crippen LogP contribution in [0.3, 0.4) is 0 Å². The molecule has 1 N–H and O–H groups in total. The van der Waals surface area contributed by atoms with E-state index >= 15 is 0 Å². The Morgan fingerprint density at radius 2 is 1.78 bits per heavy atom. The van der Waals surface area contributed by atoms with E-state index in [1.807, 2.05) is 24.3 Å². The molecule has 1 fully saturated rings. The summed E-state index contributed by atoms with van der Waals surface area (Å²) in [6.45, 7) is 1.19. The molecular weight excluding hydrogens is 344 g/mol. The second-order valence-corrected chi connectivity index (χ2v) is 6.30. The van der Waals surface area contributed by atoms with Gasteiger partial charge in [-0.25, -0.2) is 4.68 Å². The molecule has 1 aromatic heterocycles. The van der Waals surface area contributed by atoms with Crippen LogP contribution < -0.4 is 10.2 Å². The molecule has 1 aliphatic rings. The van der Waals surface area contributed by atoms with E-state index in [1.54, 1.807) is 29.2 Å². The smallest absolute Gasteiger partial charge is 0.251 e. The van der Waals surface area contributed by atoms with Crippen molar-refractivity contribution in [2.75, 3.05) is 11.4 Å². The van der Waals surface area contributed by atoms with Gasteiger partial charge in [-0.15, -0.1) is 5.10 Å². The minimum Gasteiger partial charge on any atom is -0.348 e. The number of benzene rings is 2. The molecule has 2 heterocycles. The molecule has 0 unspecified atom stereocenters. The van der Waals surface area contributed by atoms with E-state index in [0.717, 1.165) is 29.9 Å². The Bertz CT molecular complexity index is 935. The lowest BCUT2D eigenvalue weighted by atomic mass is 10.1. The lowest BCUT2D eigenvalue weighted by Crippen LogP contribution is -2.24. The normalized spacial score (nSPS) is 13.8. The SMILES string of the molecule is O=C(NCc1ccc(N2CCCC2=O)cc1)c1ccc(-n2cnnn2)cc1. The maximum Gasteiger partial charge on any atom is 0.251 e. The molecule has 0 radical (unpaired) electrons. The lowest BCUT2D eigenvalue weighted by molar-refractivity contribution is -0.117. The number of rotatable bonds is 5. The predicted molar refractivity (Wildman–Crippen MR) is 98.4 cm³/mol. The van der Waals surface area contributed by atoms with Gasteiger partial charge in [-0.05, 0) is 58.8 Å². The molecule has 8 heteroatoms. The lowest BCUT2D eigenvalue weighted by Gasteiger charge is -2.16. The van der Waals surface area contributed by atoms with Crippen LogP contribution in [0.2, 0.25) is 0 Å². The largest absolute Gasteiger partial charge is 0.348 e. The summed E-state index contributed by atoms with van der Waals surface area (Å²) in [5.41, 5.74) is 3.23. The van der Waals surface area contributed by atoms with Crippen LogP contribution in [0, 0.1) is 0 Å². The first-order valence-corrected chi connectivity index (χ1v) is 8.72. The summed E-state index contributed by atoms with van der Waals surface area (Å²) >= 11 is 0. The van der Waals surface area contributed by atoms with Gasteiger partial charge in [0, 0.05) is 30.8 Å². The van der Waals surface area contributed by atoms with Crippen molar-refractivity contribution in [3.05, 3.63) is 66.0 Å². The molecule has 3 aromatic rings. The maximum absolute atomic E-state index is 12.3. The van der Waals surface area contributed by atoms with Crippen molar-refractivity contribution >= 4 is 17.5 Å². The first kappa shape index (κ1) is 16.9. The van der Waals surface area contributed by atoms with Crippen molar-refractivity contribution in [2.24, 2.45) is 0 Å². The number of carbonyl (C=O) groups is 2. The Balaban J connectivity index is 1.35. The molecule has 0 bridgehead atoms. The molecule has 0 aliphatic carbocycles. The fraction of sp³-hybridized carbons (Fsp3) is 0.211. The van der Waals surface area contributed by atoms with Crippen molar-refractivity contribution in [1.29, 1.82) is 0 Å². The van der Waals surface area contributed by atoms with Crippen molar-refractivity contribution in [3.63, 3.8) is 0 Å². The van der Waals surface area contributed by atoms with Crippen molar-refractivity contribution in [3.8, 4) is 5.69 Å². The number of tetrazole rings is 1. The Morgan fingerprint density at radius 1 is 1.04 bits per heavy atom. The quantitative estimate of drug-likeness (QED) is 0.746. The molecule has 1 aliphatic heterocycles. The van der Waals surface area contributed by atoms with Gasteiger partial charge in [-0.3, -0.25) is 9.59 Å². The number of nitrogens with zero attached hydrogens (tertiary/aromatic N) is 5. The monoisotopic (exact) mass is 362 g/mol. The number of amides is 2. The molecule has 2 amide bonds. The fourth-order valence-corrected chi connectivity index (χ4v) is 3.04. The van der Waals surface area contributed by atoms with Gasteiger partial charge in [0.2, 0.25) is 5.91 Å². The van der Waals surface area contributed by atoms with E-state index in [1.165, 1.54) is 11.0 Å². The second kappa shape index (κ2) is 7.36. The van der Waals surface area contributed by atoms with Crippen LogP contribution in [-0.2, 0) is 11.3 Å². The van der Waals surface area contributed by atoms with Crippen LogP contribution in [-0.4, -0.2) is 38.6 Å². The highest BCUT2D eigenvalue weighted by atomic mass is 16.2. The number of anilines is 1. The molecule has 27 heavy (non-hydrogen) atoms. The van der Waals surface area contributed by atoms with E-state index in [-0.39, 0.29) is 11.8 Å². The van der Waals surface area contributed by atoms with Gasteiger partial charge < -0.3 is 10.2 Å². The van der Waals surface area contributed by atoms with Gasteiger partial charge in [0.25, 0.3) is 5.91 Å². The Morgan fingerprint density at radius 3 is 2.41 bits per heavy atom. The molecule has 8 nitrogen and oxygen atoms in total. The van der Waals surface area contributed by atoms with Crippen molar-refractivity contribution < 1.29 is 9.59 Å². The summed E-state index contributed by atoms with van der Waals surface area (Å²) in [4.78, 5) is 25.9. The average Bonchev–Trinajstić information content (AvgIpc) is 3.39. The van der Waals surface area contributed by atoms with E-state index in [4.69, 9.17) is 0 Å². The minimum atomic E-state index is -0.155. The third-order valence-corrected chi connectivity index (χ3v) is 4.52. The molecule has 0 atom stereocenters. The Labute approximate surface area is 155 Å². The molecule has 4 rings (SSSR count). The molecule has 136 valence electrons. The highest BCUT2D eigenvalue weighted by Gasteiger charge is 2.21. The Kier molecular flexibility index (Phi) is 4.61. The van der Waals surface area contributed by atoms with Crippen LogP contribution in [0.1, 0.15) is 28.8 Å². The summed E-state index contributed by atoms with van der Waals surface area (Å²) in [6, 6.07) is 14.7. The van der Waals surface area contributed by atoms with Crippen molar-refractivity contribution in [1.82, 2.24) is 25.5 Å². The summed E-state index contributed by atoms with van der Waals surface area (Å²) in [7, 11) is 0. The van der Waals surface area contributed by atoms with E-state index in [9.17, 15) is 9.59 Å². The van der Waals surface area contributed by atoms with Gasteiger partial charge in [-0.1, -0.05) is 12.1 Å². The number of aromatic nitrogens is 4. The third kappa shape index (κ3) is 3.69. The zero-order valence-corrected chi connectivity index (χ0v) is 14.6. The summed E-state index contributed by atoms with van der Waals surface area (Å²) in [6.07, 6.45) is 3.02. The van der Waals surface area contributed by atoms with Gasteiger partial charge in [0.05, 0.1) is 5.69 Å². The fourth-order valence-electron chi connectivity index (χ4n) is 3.04. The topological polar surface area (TPSA) is 93.0 Å². The third-order valence-electron chi connectivity index (χ3n) is 4.52. The van der Waals surface area contributed by atoms with Gasteiger partial charge in [0.1, 0.15) is 6.33 Å². The Hall–Kier alpha value is -3.55. The van der Waals surface area contributed by atoms with Crippen LogP contribution in [0.15, 0.2) is 54.9 Å². The molecular formula is C19H18N6O2. The van der Waals surface area contributed by atoms with E-state index in [2.05, 4.69) is 20.8 Å². The minimum absolute atomic E-state index is 0.155. The standard InChI is InChI=1S/C19H18N6O2/c26-18-2-1-11-24(18)16-7-3-14(4-8-16)12-20-19(27)15-5-9-17(10-6-15)25-13-21-22-23-25/h3-10,13H,1-2,11-12H2,(H,20,27). The highest BCUT2D eigenvalue weighted by Crippen LogP contribution is 2.21.